The maximum Gasteiger partial charge on any atom is 0.335 e. The van der Waals surface area contributed by atoms with E-state index in [1.807, 2.05) is 6.07 Å². The number of rotatable bonds is 2. The average Bonchev–Trinajstić information content (AvgIpc) is 2.53. The summed E-state index contributed by atoms with van der Waals surface area (Å²) in [5.41, 5.74) is 3.05. The lowest BCUT2D eigenvalue weighted by atomic mass is 9.97. The Balaban J connectivity index is 1.91. The monoisotopic (exact) mass is 279 g/mol. The zero-order chi connectivity index (χ0) is 14.8. The summed E-state index contributed by atoms with van der Waals surface area (Å²) in [6.07, 6.45) is 2.46. The number of aromatic carboxylic acids is 1. The summed E-state index contributed by atoms with van der Waals surface area (Å²) in [6, 6.07) is 10.8. The smallest absolute Gasteiger partial charge is 0.335 e. The zero-order valence-corrected chi connectivity index (χ0v) is 11.3. The van der Waals surface area contributed by atoms with Crippen molar-refractivity contribution in [2.24, 2.45) is 0 Å². The van der Waals surface area contributed by atoms with Gasteiger partial charge in [-0.3, -0.25) is 0 Å². The number of nitrogens with zero attached hydrogens (tertiary/aromatic N) is 3. The van der Waals surface area contributed by atoms with E-state index in [4.69, 9.17) is 10.4 Å². The van der Waals surface area contributed by atoms with E-state index < -0.39 is 5.97 Å². The predicted molar refractivity (Wildman–Crippen MR) is 77.1 cm³/mol. The molecule has 1 aromatic heterocycles. The van der Waals surface area contributed by atoms with Gasteiger partial charge >= 0.3 is 5.97 Å². The molecular weight excluding hydrogens is 266 g/mol. The van der Waals surface area contributed by atoms with E-state index in [0.717, 1.165) is 24.3 Å². The lowest BCUT2D eigenvalue weighted by Gasteiger charge is -2.30. The number of hydrogen-bond donors (Lipinski definition) is 1. The molecule has 2 aromatic rings. The first kappa shape index (κ1) is 13.1. The third-order valence-corrected chi connectivity index (χ3v) is 3.66. The van der Waals surface area contributed by atoms with Crippen LogP contribution >= 0.6 is 0 Å². The number of carboxylic acids is 1. The Morgan fingerprint density at radius 3 is 2.90 bits per heavy atom. The van der Waals surface area contributed by atoms with Gasteiger partial charge in [0.25, 0.3) is 0 Å². The quantitative estimate of drug-likeness (QED) is 0.912. The van der Waals surface area contributed by atoms with Gasteiger partial charge in [0.15, 0.2) is 0 Å². The minimum absolute atomic E-state index is 0.300. The van der Waals surface area contributed by atoms with Crippen molar-refractivity contribution in [2.75, 3.05) is 11.4 Å². The van der Waals surface area contributed by atoms with Crippen LogP contribution in [-0.2, 0) is 13.0 Å². The van der Waals surface area contributed by atoms with E-state index in [2.05, 4.69) is 16.0 Å². The molecule has 0 saturated carbocycles. The summed E-state index contributed by atoms with van der Waals surface area (Å²) in [5.74, 6) is -0.167. The van der Waals surface area contributed by atoms with Gasteiger partial charge in [-0.2, -0.15) is 5.26 Å². The molecule has 0 aliphatic carbocycles. The SMILES string of the molecule is N#Cc1ccnc(N2CCc3ccc(C(=O)O)cc3C2)c1. The average molecular weight is 279 g/mol. The fourth-order valence-corrected chi connectivity index (χ4v) is 2.55. The van der Waals surface area contributed by atoms with Crippen molar-refractivity contribution in [3.05, 3.63) is 58.8 Å². The molecule has 21 heavy (non-hydrogen) atoms. The maximum atomic E-state index is 11.1. The largest absolute Gasteiger partial charge is 0.478 e. The molecule has 0 fully saturated rings. The number of pyridine rings is 1. The lowest BCUT2D eigenvalue weighted by Crippen LogP contribution is -2.31. The summed E-state index contributed by atoms with van der Waals surface area (Å²) >= 11 is 0. The number of fused-ring (bicyclic) bond motifs is 1. The number of hydrogen-bond acceptors (Lipinski definition) is 4. The first-order valence-corrected chi connectivity index (χ1v) is 6.63. The molecule has 1 aliphatic heterocycles. The van der Waals surface area contributed by atoms with E-state index in [1.54, 1.807) is 30.5 Å². The minimum atomic E-state index is -0.917. The van der Waals surface area contributed by atoms with Gasteiger partial charge in [-0.15, -0.1) is 0 Å². The number of nitriles is 1. The second-order valence-corrected chi connectivity index (χ2v) is 4.97. The highest BCUT2D eigenvalue weighted by molar-refractivity contribution is 5.88. The van der Waals surface area contributed by atoms with Crippen molar-refractivity contribution in [1.82, 2.24) is 4.98 Å². The van der Waals surface area contributed by atoms with Crippen molar-refractivity contribution >= 4 is 11.8 Å². The molecule has 2 heterocycles. The Bertz CT molecular complexity index is 749. The first-order valence-electron chi connectivity index (χ1n) is 6.63. The van der Waals surface area contributed by atoms with Crippen LogP contribution in [0.5, 0.6) is 0 Å². The van der Waals surface area contributed by atoms with Crippen LogP contribution < -0.4 is 4.90 Å². The molecule has 0 amide bonds. The second kappa shape index (κ2) is 5.25. The van der Waals surface area contributed by atoms with Crippen LogP contribution in [0.15, 0.2) is 36.5 Å². The summed E-state index contributed by atoms with van der Waals surface area (Å²) in [4.78, 5) is 17.4. The predicted octanol–water partition coefficient (Wildman–Crippen LogP) is 2.21. The topological polar surface area (TPSA) is 77.2 Å². The molecule has 0 unspecified atom stereocenters. The summed E-state index contributed by atoms with van der Waals surface area (Å²) < 4.78 is 0. The van der Waals surface area contributed by atoms with Crippen LogP contribution in [0.4, 0.5) is 5.82 Å². The van der Waals surface area contributed by atoms with Crippen molar-refractivity contribution < 1.29 is 9.90 Å². The lowest BCUT2D eigenvalue weighted by molar-refractivity contribution is 0.0696. The summed E-state index contributed by atoms with van der Waals surface area (Å²) in [6.45, 7) is 1.42. The molecule has 5 heteroatoms. The molecular formula is C16H13N3O2. The summed E-state index contributed by atoms with van der Waals surface area (Å²) in [7, 11) is 0. The van der Waals surface area contributed by atoms with Gasteiger partial charge in [0.2, 0.25) is 0 Å². The highest BCUT2D eigenvalue weighted by Crippen LogP contribution is 2.24. The highest BCUT2D eigenvalue weighted by Gasteiger charge is 2.19. The number of aromatic nitrogens is 1. The number of carboxylic acid groups (broad SMARTS) is 1. The molecule has 0 saturated heterocycles. The van der Waals surface area contributed by atoms with Crippen molar-refractivity contribution in [1.29, 1.82) is 5.26 Å². The Labute approximate surface area is 122 Å². The van der Waals surface area contributed by atoms with E-state index in [0.29, 0.717) is 17.7 Å². The van der Waals surface area contributed by atoms with Gasteiger partial charge in [0, 0.05) is 19.3 Å². The second-order valence-electron chi connectivity index (χ2n) is 4.97. The van der Waals surface area contributed by atoms with Crippen LogP contribution in [0.1, 0.15) is 27.0 Å². The van der Waals surface area contributed by atoms with Crippen LogP contribution in [-0.4, -0.2) is 22.6 Å². The molecule has 1 aliphatic rings. The van der Waals surface area contributed by atoms with Crippen LogP contribution in [0.3, 0.4) is 0 Å². The van der Waals surface area contributed by atoms with E-state index >= 15 is 0 Å². The Morgan fingerprint density at radius 1 is 1.29 bits per heavy atom. The number of carbonyl (C=O) groups is 1. The fraction of sp³-hybridized carbons (Fsp3) is 0.188. The molecule has 0 spiro atoms. The molecule has 3 rings (SSSR count). The number of anilines is 1. The standard InChI is InChI=1S/C16H13N3O2/c17-9-11-3-5-18-15(7-11)19-6-4-12-1-2-13(16(20)21)8-14(12)10-19/h1-3,5,7-8H,4,6,10H2,(H,20,21). The van der Waals surface area contributed by atoms with Crippen molar-refractivity contribution in [3.8, 4) is 6.07 Å². The van der Waals surface area contributed by atoms with Gasteiger partial charge in [0.05, 0.1) is 17.2 Å². The van der Waals surface area contributed by atoms with Gasteiger partial charge < -0.3 is 10.0 Å². The van der Waals surface area contributed by atoms with Gasteiger partial charge in [-0.05, 0) is 41.8 Å². The molecule has 0 radical (unpaired) electrons. The minimum Gasteiger partial charge on any atom is -0.478 e. The highest BCUT2D eigenvalue weighted by atomic mass is 16.4. The third-order valence-electron chi connectivity index (χ3n) is 3.66. The van der Waals surface area contributed by atoms with Gasteiger partial charge in [0.1, 0.15) is 5.82 Å². The Hall–Kier alpha value is -2.87. The molecule has 0 atom stereocenters. The van der Waals surface area contributed by atoms with Gasteiger partial charge in [-0.25, -0.2) is 9.78 Å². The van der Waals surface area contributed by atoms with Crippen molar-refractivity contribution in [2.45, 2.75) is 13.0 Å². The van der Waals surface area contributed by atoms with Crippen LogP contribution in [0.2, 0.25) is 0 Å². The maximum absolute atomic E-state index is 11.1. The van der Waals surface area contributed by atoms with Crippen molar-refractivity contribution in [3.63, 3.8) is 0 Å². The normalized spacial score (nSPS) is 13.4. The first-order chi connectivity index (χ1) is 10.2. The van der Waals surface area contributed by atoms with Gasteiger partial charge in [-0.1, -0.05) is 6.07 Å². The molecule has 1 aromatic carbocycles. The van der Waals surface area contributed by atoms with E-state index in [1.165, 1.54) is 5.56 Å². The van der Waals surface area contributed by atoms with E-state index in [9.17, 15) is 4.79 Å². The fourth-order valence-electron chi connectivity index (χ4n) is 2.55. The molecule has 0 bridgehead atoms. The summed E-state index contributed by atoms with van der Waals surface area (Å²) in [5, 5.41) is 18.0. The number of benzene rings is 1. The Morgan fingerprint density at radius 2 is 2.14 bits per heavy atom. The molecule has 104 valence electrons. The molecule has 1 N–H and O–H groups in total. The zero-order valence-electron chi connectivity index (χ0n) is 11.3. The van der Waals surface area contributed by atoms with Crippen LogP contribution in [0.25, 0.3) is 0 Å². The van der Waals surface area contributed by atoms with E-state index in [-0.39, 0.29) is 0 Å². The van der Waals surface area contributed by atoms with Crippen LogP contribution in [0, 0.1) is 11.3 Å². The molecule has 5 nitrogen and oxygen atoms in total. The third kappa shape index (κ3) is 2.56. The Kier molecular flexibility index (Phi) is 3.28.